The van der Waals surface area contributed by atoms with Crippen LogP contribution in [0.15, 0.2) is 18.2 Å². The number of urea groups is 1. The molecule has 0 saturated heterocycles. The molecule has 20 heavy (non-hydrogen) atoms. The topological polar surface area (TPSA) is 108 Å². The number of amides is 3. The highest BCUT2D eigenvalue weighted by Gasteiger charge is 2.12. The lowest BCUT2D eigenvalue weighted by atomic mass is 10.2. The molecule has 0 aliphatic rings. The number of carboxylic acid groups (broad SMARTS) is 1. The number of benzene rings is 1. The zero-order valence-electron chi connectivity index (χ0n) is 10.7. The molecule has 1 aromatic rings. The van der Waals surface area contributed by atoms with Gasteiger partial charge in [-0.05, 0) is 40.8 Å². The Kier molecular flexibility index (Phi) is 6.22. The molecule has 1 rings (SSSR count). The average molecular weight is 391 g/mol. The van der Waals surface area contributed by atoms with Gasteiger partial charge in [-0.25, -0.2) is 9.59 Å². The van der Waals surface area contributed by atoms with Gasteiger partial charge < -0.3 is 21.1 Å². The first-order chi connectivity index (χ1) is 9.43. The first-order valence-corrected chi connectivity index (χ1v) is 6.80. The molecule has 7 nitrogen and oxygen atoms in total. The van der Waals surface area contributed by atoms with Crippen LogP contribution < -0.4 is 16.0 Å². The summed E-state index contributed by atoms with van der Waals surface area (Å²) in [6.45, 7) is 0.165. The molecule has 0 heterocycles. The summed E-state index contributed by atoms with van der Waals surface area (Å²) >= 11 is 1.99. The highest BCUT2D eigenvalue weighted by Crippen LogP contribution is 2.18. The second-order valence-corrected chi connectivity index (χ2v) is 5.04. The Bertz CT molecular complexity index is 533. The Morgan fingerprint density at radius 3 is 2.60 bits per heavy atom. The van der Waals surface area contributed by atoms with Crippen molar-refractivity contribution >= 4 is 46.2 Å². The number of carbonyl (C=O) groups excluding carboxylic acids is 2. The maximum Gasteiger partial charge on any atom is 0.337 e. The van der Waals surface area contributed by atoms with E-state index >= 15 is 0 Å². The van der Waals surface area contributed by atoms with Gasteiger partial charge >= 0.3 is 12.0 Å². The first kappa shape index (κ1) is 16.2. The molecule has 0 radical (unpaired) electrons. The van der Waals surface area contributed by atoms with Crippen molar-refractivity contribution in [2.45, 2.75) is 6.42 Å². The summed E-state index contributed by atoms with van der Waals surface area (Å²) in [6, 6.07) is 4.11. The lowest BCUT2D eigenvalue weighted by Gasteiger charge is -2.10. The molecule has 0 aliphatic carbocycles. The Labute approximate surface area is 129 Å². The lowest BCUT2D eigenvalue weighted by molar-refractivity contribution is -0.120. The van der Waals surface area contributed by atoms with Crippen molar-refractivity contribution in [3.05, 3.63) is 27.3 Å². The summed E-state index contributed by atoms with van der Waals surface area (Å²) in [5, 5.41) is 16.4. The fraction of sp³-hybridized carbons (Fsp3) is 0.250. The Morgan fingerprint density at radius 2 is 2.00 bits per heavy atom. The molecule has 0 unspecified atom stereocenters. The molecule has 3 amide bonds. The number of nitrogens with one attached hydrogen (secondary N) is 3. The van der Waals surface area contributed by atoms with Gasteiger partial charge in [0, 0.05) is 23.6 Å². The van der Waals surface area contributed by atoms with Crippen LogP contribution in [-0.2, 0) is 4.79 Å². The highest BCUT2D eigenvalue weighted by atomic mass is 127. The van der Waals surface area contributed by atoms with E-state index in [0.717, 1.165) is 3.57 Å². The summed E-state index contributed by atoms with van der Waals surface area (Å²) < 4.78 is 0.755. The van der Waals surface area contributed by atoms with Crippen molar-refractivity contribution in [1.29, 1.82) is 0 Å². The van der Waals surface area contributed by atoms with Crippen molar-refractivity contribution < 1.29 is 19.5 Å². The summed E-state index contributed by atoms with van der Waals surface area (Å²) in [5.41, 5.74) is 0.216. The minimum absolute atomic E-state index is 0.0124. The van der Waals surface area contributed by atoms with Crippen LogP contribution in [0.4, 0.5) is 10.5 Å². The van der Waals surface area contributed by atoms with Crippen LogP contribution in [0.25, 0.3) is 0 Å². The number of anilines is 1. The molecule has 8 heteroatoms. The van der Waals surface area contributed by atoms with Crippen molar-refractivity contribution in [3.63, 3.8) is 0 Å². The third-order valence-corrected chi connectivity index (χ3v) is 3.05. The molecular weight excluding hydrogens is 377 g/mol. The quantitative estimate of drug-likeness (QED) is 0.567. The number of rotatable bonds is 5. The van der Waals surface area contributed by atoms with Crippen LogP contribution in [0, 0.1) is 3.57 Å². The zero-order valence-corrected chi connectivity index (χ0v) is 12.9. The normalized spacial score (nSPS) is 9.70. The molecule has 0 atom stereocenters. The van der Waals surface area contributed by atoms with Gasteiger partial charge in [0.25, 0.3) is 0 Å². The predicted octanol–water partition coefficient (Wildman–Crippen LogP) is 1.25. The van der Waals surface area contributed by atoms with Crippen LogP contribution in [0.1, 0.15) is 16.8 Å². The minimum atomic E-state index is -1.12. The minimum Gasteiger partial charge on any atom is -0.478 e. The SMILES string of the molecule is CNC(=O)CCNC(=O)Nc1ccc(I)cc1C(=O)O. The second-order valence-electron chi connectivity index (χ2n) is 3.80. The van der Waals surface area contributed by atoms with Gasteiger partial charge in [0.1, 0.15) is 0 Å². The van der Waals surface area contributed by atoms with E-state index in [9.17, 15) is 14.4 Å². The van der Waals surface area contributed by atoms with E-state index in [4.69, 9.17) is 5.11 Å². The largest absolute Gasteiger partial charge is 0.478 e. The summed E-state index contributed by atoms with van der Waals surface area (Å²) in [7, 11) is 1.51. The highest BCUT2D eigenvalue weighted by molar-refractivity contribution is 14.1. The maximum atomic E-state index is 11.6. The van der Waals surface area contributed by atoms with Gasteiger partial charge in [0.05, 0.1) is 11.3 Å². The van der Waals surface area contributed by atoms with Gasteiger partial charge in [-0.2, -0.15) is 0 Å². The van der Waals surface area contributed by atoms with E-state index in [0.29, 0.717) is 0 Å². The first-order valence-electron chi connectivity index (χ1n) is 5.72. The summed E-state index contributed by atoms with van der Waals surface area (Å²) in [6.07, 6.45) is 0.155. The van der Waals surface area contributed by atoms with Gasteiger partial charge in [0.2, 0.25) is 5.91 Å². The summed E-state index contributed by atoms with van der Waals surface area (Å²) in [4.78, 5) is 33.6. The van der Waals surface area contributed by atoms with Crippen molar-refractivity contribution in [3.8, 4) is 0 Å². The Hall–Kier alpha value is -1.84. The second kappa shape index (κ2) is 7.68. The molecular formula is C12H14IN3O4. The van der Waals surface area contributed by atoms with E-state index in [1.54, 1.807) is 6.07 Å². The summed E-state index contributed by atoms with van der Waals surface area (Å²) in [5.74, 6) is -1.31. The fourth-order valence-corrected chi connectivity index (χ4v) is 1.87. The molecule has 0 fully saturated rings. The number of aromatic carboxylic acids is 1. The molecule has 0 spiro atoms. The molecule has 1 aromatic carbocycles. The Balaban J connectivity index is 2.62. The van der Waals surface area contributed by atoms with Crippen LogP contribution in [0.5, 0.6) is 0 Å². The lowest BCUT2D eigenvalue weighted by Crippen LogP contribution is -2.32. The van der Waals surface area contributed by atoms with Gasteiger partial charge in [0.15, 0.2) is 0 Å². The number of hydrogen-bond acceptors (Lipinski definition) is 3. The number of carboxylic acids is 1. The monoisotopic (exact) mass is 391 g/mol. The third kappa shape index (κ3) is 5.03. The zero-order chi connectivity index (χ0) is 15.1. The molecule has 0 aliphatic heterocycles. The number of halogens is 1. The van der Waals surface area contributed by atoms with Crippen LogP contribution in [0.3, 0.4) is 0 Å². The molecule has 4 N–H and O–H groups in total. The maximum absolute atomic E-state index is 11.6. The Morgan fingerprint density at radius 1 is 1.30 bits per heavy atom. The van der Waals surface area contributed by atoms with Gasteiger partial charge in [-0.15, -0.1) is 0 Å². The number of hydrogen-bond donors (Lipinski definition) is 4. The van der Waals surface area contributed by atoms with Crippen molar-refractivity contribution in [2.75, 3.05) is 18.9 Å². The van der Waals surface area contributed by atoms with E-state index in [-0.39, 0.29) is 30.1 Å². The third-order valence-electron chi connectivity index (χ3n) is 2.38. The van der Waals surface area contributed by atoms with Crippen LogP contribution >= 0.6 is 22.6 Å². The van der Waals surface area contributed by atoms with E-state index in [1.807, 2.05) is 22.6 Å². The van der Waals surface area contributed by atoms with E-state index in [2.05, 4.69) is 16.0 Å². The van der Waals surface area contributed by atoms with Crippen molar-refractivity contribution in [1.82, 2.24) is 10.6 Å². The fourth-order valence-electron chi connectivity index (χ4n) is 1.38. The number of carbonyl (C=O) groups is 3. The smallest absolute Gasteiger partial charge is 0.337 e. The van der Waals surface area contributed by atoms with Gasteiger partial charge in [-0.3, -0.25) is 4.79 Å². The van der Waals surface area contributed by atoms with Gasteiger partial charge in [-0.1, -0.05) is 0 Å². The average Bonchev–Trinajstić information content (AvgIpc) is 2.40. The molecule has 0 saturated carbocycles. The van der Waals surface area contributed by atoms with E-state index in [1.165, 1.54) is 19.2 Å². The standard InChI is InChI=1S/C12H14IN3O4/c1-14-10(17)4-5-15-12(20)16-9-3-2-7(13)6-8(9)11(18)19/h2-3,6H,4-5H2,1H3,(H,14,17)(H,18,19)(H2,15,16,20). The molecule has 108 valence electrons. The predicted molar refractivity (Wildman–Crippen MR) is 81.8 cm³/mol. The molecule has 0 aromatic heterocycles. The van der Waals surface area contributed by atoms with Crippen LogP contribution in [0.2, 0.25) is 0 Å². The van der Waals surface area contributed by atoms with Crippen molar-refractivity contribution in [2.24, 2.45) is 0 Å². The van der Waals surface area contributed by atoms with E-state index < -0.39 is 12.0 Å². The van der Waals surface area contributed by atoms with Crippen LogP contribution in [-0.4, -0.2) is 36.6 Å². The molecule has 0 bridgehead atoms.